The van der Waals surface area contributed by atoms with Crippen LogP contribution in [-0.4, -0.2) is 15.9 Å². The summed E-state index contributed by atoms with van der Waals surface area (Å²) >= 11 is 0. The Labute approximate surface area is 164 Å². The van der Waals surface area contributed by atoms with Crippen LogP contribution in [0.15, 0.2) is 66.7 Å². The lowest BCUT2D eigenvalue weighted by atomic mass is 10.1. The molecular formula is C22H20ClN3O. The number of rotatable bonds is 3. The van der Waals surface area contributed by atoms with E-state index in [2.05, 4.69) is 15.3 Å². The summed E-state index contributed by atoms with van der Waals surface area (Å²) < 4.78 is 0. The number of benzene rings is 3. The molecule has 0 saturated carbocycles. The van der Waals surface area contributed by atoms with Crippen molar-refractivity contribution in [1.29, 1.82) is 0 Å². The molecule has 0 fully saturated rings. The number of imidazole rings is 1. The monoisotopic (exact) mass is 377 g/mol. The summed E-state index contributed by atoms with van der Waals surface area (Å²) in [5.74, 6) is 0.673. The number of aromatic nitrogens is 2. The van der Waals surface area contributed by atoms with Gasteiger partial charge in [0.15, 0.2) is 0 Å². The highest BCUT2D eigenvalue weighted by molar-refractivity contribution is 6.05. The lowest BCUT2D eigenvalue weighted by Gasteiger charge is -2.10. The quantitative estimate of drug-likeness (QED) is 0.493. The lowest BCUT2D eigenvalue weighted by molar-refractivity contribution is 0.102. The summed E-state index contributed by atoms with van der Waals surface area (Å²) in [6.45, 7) is 3.98. The summed E-state index contributed by atoms with van der Waals surface area (Å²) in [7, 11) is 0. The molecule has 2 N–H and O–H groups in total. The molecular weight excluding hydrogens is 358 g/mol. The molecule has 0 bridgehead atoms. The van der Waals surface area contributed by atoms with E-state index in [1.165, 1.54) is 0 Å². The fraction of sp³-hybridized carbons (Fsp3) is 0.0909. The van der Waals surface area contributed by atoms with Gasteiger partial charge in [-0.05, 0) is 49.7 Å². The van der Waals surface area contributed by atoms with Crippen molar-refractivity contribution in [1.82, 2.24) is 9.97 Å². The standard InChI is InChI=1S/C22H19N3O.ClH/c1-14-7-10-16(11-8-14)22(26)25-20-13-17(12-9-15(20)2)21-23-18-5-3-4-6-19(18)24-21;/h3-13H,1-2H3,(H,23,24)(H,25,26);1H. The number of nitrogens with zero attached hydrogens (tertiary/aromatic N) is 1. The highest BCUT2D eigenvalue weighted by atomic mass is 35.5. The zero-order valence-corrected chi connectivity index (χ0v) is 15.9. The van der Waals surface area contributed by atoms with Crippen LogP contribution < -0.4 is 5.32 Å². The molecule has 3 aromatic carbocycles. The van der Waals surface area contributed by atoms with Crippen LogP contribution in [0.4, 0.5) is 5.69 Å². The third-order valence-electron chi connectivity index (χ3n) is 4.46. The van der Waals surface area contributed by atoms with Crippen LogP contribution in [0.2, 0.25) is 0 Å². The Balaban J connectivity index is 0.00000210. The van der Waals surface area contributed by atoms with Crippen LogP contribution in [-0.2, 0) is 0 Å². The number of carbonyl (C=O) groups is 1. The minimum Gasteiger partial charge on any atom is -0.338 e. The molecule has 4 aromatic rings. The predicted molar refractivity (Wildman–Crippen MR) is 113 cm³/mol. The highest BCUT2D eigenvalue weighted by Gasteiger charge is 2.11. The van der Waals surface area contributed by atoms with Crippen molar-refractivity contribution >= 4 is 35.0 Å². The number of hydrogen-bond donors (Lipinski definition) is 2. The summed E-state index contributed by atoms with van der Waals surface area (Å²) in [5, 5.41) is 3.01. The van der Waals surface area contributed by atoms with E-state index >= 15 is 0 Å². The Kier molecular flexibility index (Phi) is 5.28. The zero-order chi connectivity index (χ0) is 18.1. The summed E-state index contributed by atoms with van der Waals surface area (Å²) in [5.41, 5.74) is 6.42. The van der Waals surface area contributed by atoms with Gasteiger partial charge in [-0.15, -0.1) is 12.4 Å². The average Bonchev–Trinajstić information content (AvgIpc) is 3.08. The Hall–Kier alpha value is -3.11. The first kappa shape index (κ1) is 18.7. The fourth-order valence-electron chi connectivity index (χ4n) is 2.89. The molecule has 0 aliphatic carbocycles. The minimum absolute atomic E-state index is 0. The van der Waals surface area contributed by atoms with Crippen LogP contribution in [0.5, 0.6) is 0 Å². The number of aryl methyl sites for hydroxylation is 2. The third-order valence-corrected chi connectivity index (χ3v) is 4.46. The molecule has 0 aliphatic rings. The van der Waals surface area contributed by atoms with E-state index in [9.17, 15) is 4.79 Å². The van der Waals surface area contributed by atoms with E-state index < -0.39 is 0 Å². The van der Waals surface area contributed by atoms with Gasteiger partial charge in [0.1, 0.15) is 5.82 Å². The van der Waals surface area contributed by atoms with Gasteiger partial charge in [-0.25, -0.2) is 4.98 Å². The van der Waals surface area contributed by atoms with E-state index in [-0.39, 0.29) is 18.3 Å². The summed E-state index contributed by atoms with van der Waals surface area (Å²) in [4.78, 5) is 20.5. The van der Waals surface area contributed by atoms with Gasteiger partial charge in [-0.1, -0.05) is 42.0 Å². The van der Waals surface area contributed by atoms with Crippen molar-refractivity contribution in [2.45, 2.75) is 13.8 Å². The van der Waals surface area contributed by atoms with Gasteiger partial charge in [0, 0.05) is 16.8 Å². The van der Waals surface area contributed by atoms with Gasteiger partial charge in [0.25, 0.3) is 5.91 Å². The molecule has 0 spiro atoms. The average molecular weight is 378 g/mol. The van der Waals surface area contributed by atoms with Gasteiger partial charge in [-0.3, -0.25) is 4.79 Å². The van der Waals surface area contributed by atoms with Gasteiger partial charge < -0.3 is 10.3 Å². The zero-order valence-electron chi connectivity index (χ0n) is 15.1. The molecule has 0 radical (unpaired) electrons. The maximum absolute atomic E-state index is 12.5. The normalized spacial score (nSPS) is 10.4. The smallest absolute Gasteiger partial charge is 0.255 e. The Bertz CT molecular complexity index is 1070. The molecule has 0 unspecified atom stereocenters. The van der Waals surface area contributed by atoms with E-state index in [0.29, 0.717) is 5.56 Å². The first-order valence-electron chi connectivity index (χ1n) is 8.54. The maximum atomic E-state index is 12.5. The number of amides is 1. The van der Waals surface area contributed by atoms with Crippen molar-refractivity contribution in [3.05, 3.63) is 83.4 Å². The van der Waals surface area contributed by atoms with Crippen molar-refractivity contribution in [2.75, 3.05) is 5.32 Å². The molecule has 1 aromatic heterocycles. The first-order valence-corrected chi connectivity index (χ1v) is 8.54. The molecule has 136 valence electrons. The van der Waals surface area contributed by atoms with E-state index in [1.807, 2.05) is 80.6 Å². The predicted octanol–water partition coefficient (Wildman–Crippen LogP) is 5.52. The molecule has 0 saturated heterocycles. The number of nitrogens with one attached hydrogen (secondary N) is 2. The van der Waals surface area contributed by atoms with E-state index in [1.54, 1.807) is 0 Å². The molecule has 27 heavy (non-hydrogen) atoms. The summed E-state index contributed by atoms with van der Waals surface area (Å²) in [6.07, 6.45) is 0. The number of hydrogen-bond acceptors (Lipinski definition) is 2. The van der Waals surface area contributed by atoms with Crippen LogP contribution in [0.1, 0.15) is 21.5 Å². The second-order valence-corrected chi connectivity index (χ2v) is 6.45. The Morgan fingerprint density at radius 3 is 2.44 bits per heavy atom. The van der Waals surface area contributed by atoms with E-state index in [4.69, 9.17) is 0 Å². The van der Waals surface area contributed by atoms with Crippen LogP contribution in [0.3, 0.4) is 0 Å². The van der Waals surface area contributed by atoms with Gasteiger partial charge in [-0.2, -0.15) is 0 Å². The highest BCUT2D eigenvalue weighted by Crippen LogP contribution is 2.26. The third kappa shape index (κ3) is 3.86. The number of fused-ring (bicyclic) bond motifs is 1. The van der Waals surface area contributed by atoms with Crippen molar-refractivity contribution < 1.29 is 4.79 Å². The number of halogens is 1. The largest absolute Gasteiger partial charge is 0.338 e. The van der Waals surface area contributed by atoms with Crippen molar-refractivity contribution in [3.63, 3.8) is 0 Å². The van der Waals surface area contributed by atoms with Gasteiger partial charge >= 0.3 is 0 Å². The number of H-pyrrole nitrogens is 1. The number of para-hydroxylation sites is 2. The number of anilines is 1. The minimum atomic E-state index is -0.116. The second kappa shape index (κ2) is 7.64. The lowest BCUT2D eigenvalue weighted by Crippen LogP contribution is -2.12. The SMILES string of the molecule is Cc1ccc(C(=O)Nc2cc(-c3nc4ccccc4[nH]3)ccc2C)cc1.Cl. The second-order valence-electron chi connectivity index (χ2n) is 6.45. The molecule has 4 nitrogen and oxygen atoms in total. The van der Waals surface area contributed by atoms with Crippen LogP contribution in [0, 0.1) is 13.8 Å². The Morgan fingerprint density at radius 2 is 1.70 bits per heavy atom. The topological polar surface area (TPSA) is 57.8 Å². The van der Waals surface area contributed by atoms with E-state index in [0.717, 1.165) is 39.2 Å². The number of carbonyl (C=O) groups excluding carboxylic acids is 1. The van der Waals surface area contributed by atoms with Crippen molar-refractivity contribution in [3.8, 4) is 11.4 Å². The molecule has 5 heteroatoms. The van der Waals surface area contributed by atoms with Gasteiger partial charge in [0.2, 0.25) is 0 Å². The summed E-state index contributed by atoms with van der Waals surface area (Å²) in [6, 6.07) is 21.4. The molecule has 4 rings (SSSR count). The maximum Gasteiger partial charge on any atom is 0.255 e. The van der Waals surface area contributed by atoms with Crippen LogP contribution >= 0.6 is 12.4 Å². The number of aromatic amines is 1. The first-order chi connectivity index (χ1) is 12.6. The Morgan fingerprint density at radius 1 is 0.963 bits per heavy atom. The van der Waals surface area contributed by atoms with Crippen LogP contribution in [0.25, 0.3) is 22.4 Å². The van der Waals surface area contributed by atoms with Crippen molar-refractivity contribution in [2.24, 2.45) is 0 Å². The van der Waals surface area contributed by atoms with Gasteiger partial charge in [0.05, 0.1) is 11.0 Å². The fourth-order valence-corrected chi connectivity index (χ4v) is 2.89. The molecule has 1 heterocycles. The molecule has 1 amide bonds. The molecule has 0 atom stereocenters. The molecule has 0 aliphatic heterocycles.